The molecule has 2 heterocycles. The summed E-state index contributed by atoms with van der Waals surface area (Å²) in [5, 5.41) is 11.4. The zero-order valence-corrected chi connectivity index (χ0v) is 59.0. The molecule has 1 atom stereocenters. The highest BCUT2D eigenvalue weighted by Crippen LogP contribution is 2.56. The lowest BCUT2D eigenvalue weighted by Gasteiger charge is -2.31. The average molecular weight is 1360 g/mol. The van der Waals surface area contributed by atoms with Crippen molar-refractivity contribution in [1.29, 1.82) is 0 Å². The first-order valence-corrected chi connectivity index (χ1v) is 36.9. The number of hydrogen-bond donors (Lipinski definition) is 0. The van der Waals surface area contributed by atoms with E-state index in [9.17, 15) is 0 Å². The second-order valence-corrected chi connectivity index (χ2v) is 29.6. The van der Waals surface area contributed by atoms with Gasteiger partial charge in [0.25, 0.3) is 0 Å². The summed E-state index contributed by atoms with van der Waals surface area (Å²) in [7, 11) is 0. The fourth-order valence-electron chi connectivity index (χ4n) is 18.2. The van der Waals surface area contributed by atoms with E-state index in [-0.39, 0.29) is 5.41 Å². The first-order valence-electron chi connectivity index (χ1n) is 36.9. The number of benzene rings is 17. The highest BCUT2D eigenvalue weighted by Gasteiger charge is 2.41. The molecule has 2 aromatic heterocycles. The van der Waals surface area contributed by atoms with Gasteiger partial charge in [-0.05, 0) is 214 Å². The van der Waals surface area contributed by atoms with Crippen molar-refractivity contribution in [2.24, 2.45) is 0 Å². The maximum absolute atomic E-state index is 7.20. The molecule has 17 aromatic carbocycles. The third kappa shape index (κ3) is 9.61. The lowest BCUT2D eigenvalue weighted by atomic mass is 9.75. The van der Waals surface area contributed by atoms with Crippen molar-refractivity contribution < 1.29 is 8.83 Å². The molecule has 500 valence electrons. The Morgan fingerprint density at radius 3 is 1.42 bits per heavy atom. The normalized spacial score (nSPS) is 14.1. The number of nitrogens with zero attached hydrogens (tertiary/aromatic N) is 2. The van der Waals surface area contributed by atoms with Crippen LogP contribution in [0.4, 0.5) is 34.1 Å². The summed E-state index contributed by atoms with van der Waals surface area (Å²) in [6, 6.07) is 132. The van der Waals surface area contributed by atoms with Crippen molar-refractivity contribution >= 4 is 110 Å². The molecule has 0 fully saturated rings. The Kier molecular flexibility index (Phi) is 13.8. The van der Waals surface area contributed by atoms with E-state index in [4.69, 9.17) is 8.83 Å². The van der Waals surface area contributed by atoms with E-state index in [1.54, 1.807) is 0 Å². The molecule has 4 nitrogen and oxygen atoms in total. The van der Waals surface area contributed by atoms with Gasteiger partial charge >= 0.3 is 0 Å². The van der Waals surface area contributed by atoms with Gasteiger partial charge in [0.1, 0.15) is 22.3 Å². The smallest absolute Gasteiger partial charge is 0.143 e. The van der Waals surface area contributed by atoms with Crippen LogP contribution in [0.2, 0.25) is 0 Å². The molecule has 1 unspecified atom stereocenters. The van der Waals surface area contributed by atoms with Crippen LogP contribution in [0.1, 0.15) is 48.6 Å². The first kappa shape index (κ1) is 61.4. The molecule has 0 saturated carbocycles. The minimum Gasteiger partial charge on any atom is -0.455 e. The van der Waals surface area contributed by atoms with Gasteiger partial charge in [-0.25, -0.2) is 0 Å². The highest BCUT2D eigenvalue weighted by molar-refractivity contribution is 6.21. The Morgan fingerprint density at radius 2 is 0.708 bits per heavy atom. The monoisotopic (exact) mass is 1350 g/mol. The SMILES string of the molecule is CC1(C)c2ccccc2-c2ccc(N(c3ccc(-c4cccc5ccccc45)cc3)c3cccc(-c4cccc5oc6c7cc(CC8(C)c9ccccc9-c9ccc(N(c%10cccc(-c%11cccc%12oc%13c%14ccccc%14ccc%13c%11%12)c%10)c%10ccccc%10-c%10ccccc%10)cc98)ccc7ccc6c45)c3)cc21. The standard InChI is InChI=1S/C102H70N2O2/c1-101(2)90-39-14-11-34-83(90)85-56-52-75(61-92(85)101)103(72-50-46-68(47-51-72)78-36-19-26-65-24-7-9-31-77(65)78)73-29-17-27-70(59-73)80-37-21-43-96-98(80)88-55-49-69-45-44-64(58-89(69)100(88)106-96)63-102(3)91-40-15-12-35-84(91)86-57-53-76(62-93(86)102)104(94-41-16-13-32-79(94)66-22-5-4-6-23-66)74-30-18-28-71(60-74)81-38-20-42-95-97(81)87-54-48-67-25-8-10-33-82(67)99(87)105-95/h4-62H,63H2,1-3H3. The predicted octanol–water partition coefficient (Wildman–Crippen LogP) is 28.4. The van der Waals surface area contributed by atoms with Crippen LogP contribution in [0.3, 0.4) is 0 Å². The summed E-state index contributed by atoms with van der Waals surface area (Å²) in [5.41, 5.74) is 30.3. The molecular formula is C102H70N2O2. The van der Waals surface area contributed by atoms with Crippen molar-refractivity contribution in [2.45, 2.75) is 38.0 Å². The van der Waals surface area contributed by atoms with Crippen LogP contribution in [-0.4, -0.2) is 0 Å². The molecule has 0 saturated heterocycles. The summed E-state index contributed by atoms with van der Waals surface area (Å²) in [6.07, 6.45) is 0.760. The van der Waals surface area contributed by atoms with Crippen LogP contribution in [0, 0.1) is 0 Å². The summed E-state index contributed by atoms with van der Waals surface area (Å²) in [5.74, 6) is 0. The van der Waals surface area contributed by atoms with E-state index in [0.29, 0.717) is 0 Å². The molecular weight excluding hydrogens is 1290 g/mol. The summed E-state index contributed by atoms with van der Waals surface area (Å²) < 4.78 is 14.0. The predicted molar refractivity (Wildman–Crippen MR) is 444 cm³/mol. The first-order chi connectivity index (χ1) is 52.2. The van der Waals surface area contributed by atoms with Gasteiger partial charge < -0.3 is 18.6 Å². The Morgan fingerprint density at radius 1 is 0.255 bits per heavy atom. The topological polar surface area (TPSA) is 32.8 Å². The lowest BCUT2D eigenvalue weighted by molar-refractivity contribution is 0.583. The molecule has 4 heteroatoms. The van der Waals surface area contributed by atoms with Crippen molar-refractivity contribution in [1.82, 2.24) is 0 Å². The second kappa shape index (κ2) is 23.9. The molecule has 0 N–H and O–H groups in total. The lowest BCUT2D eigenvalue weighted by Crippen LogP contribution is -2.24. The molecule has 2 aliphatic rings. The quantitative estimate of drug-likeness (QED) is 0.122. The Labute approximate surface area is 615 Å². The highest BCUT2D eigenvalue weighted by atomic mass is 16.3. The number of para-hydroxylation sites is 1. The minimum atomic E-state index is -0.419. The van der Waals surface area contributed by atoms with Crippen molar-refractivity contribution in [3.8, 4) is 66.8 Å². The maximum Gasteiger partial charge on any atom is 0.143 e. The second-order valence-electron chi connectivity index (χ2n) is 29.6. The van der Waals surface area contributed by atoms with E-state index in [0.717, 1.165) is 139 Å². The molecule has 0 aliphatic heterocycles. The zero-order valence-electron chi connectivity index (χ0n) is 59.0. The molecule has 0 radical (unpaired) electrons. The van der Waals surface area contributed by atoms with E-state index in [1.807, 2.05) is 0 Å². The molecule has 0 bridgehead atoms. The van der Waals surface area contributed by atoms with Gasteiger partial charge in [-0.3, -0.25) is 0 Å². The van der Waals surface area contributed by atoms with Gasteiger partial charge in [-0.1, -0.05) is 282 Å². The van der Waals surface area contributed by atoms with E-state index >= 15 is 0 Å². The van der Waals surface area contributed by atoms with Gasteiger partial charge in [0.05, 0.1) is 5.69 Å². The third-order valence-electron chi connectivity index (χ3n) is 23.3. The fraction of sp³-hybridized carbons (Fsp3) is 0.0588. The number of fused-ring (bicyclic) bond motifs is 17. The Hall–Kier alpha value is -13.3. The van der Waals surface area contributed by atoms with Crippen molar-refractivity contribution in [2.75, 3.05) is 9.80 Å². The summed E-state index contributed by atoms with van der Waals surface area (Å²) >= 11 is 0. The maximum atomic E-state index is 7.20. The van der Waals surface area contributed by atoms with E-state index in [1.165, 1.54) is 72.0 Å². The summed E-state index contributed by atoms with van der Waals surface area (Å²) in [4.78, 5) is 4.92. The van der Waals surface area contributed by atoms with Crippen LogP contribution in [-0.2, 0) is 17.3 Å². The van der Waals surface area contributed by atoms with Crippen LogP contribution in [0.15, 0.2) is 367 Å². The number of hydrogen-bond acceptors (Lipinski definition) is 4. The van der Waals surface area contributed by atoms with Crippen molar-refractivity contribution in [3.05, 3.63) is 386 Å². The minimum absolute atomic E-state index is 0.173. The largest absolute Gasteiger partial charge is 0.455 e. The van der Waals surface area contributed by atoms with Gasteiger partial charge in [-0.2, -0.15) is 0 Å². The third-order valence-corrected chi connectivity index (χ3v) is 23.3. The average Bonchev–Trinajstić information content (AvgIpc) is 1.56. The van der Waals surface area contributed by atoms with E-state index < -0.39 is 5.41 Å². The van der Waals surface area contributed by atoms with Crippen molar-refractivity contribution in [3.63, 3.8) is 0 Å². The van der Waals surface area contributed by atoms with Gasteiger partial charge in [0.2, 0.25) is 0 Å². The zero-order chi connectivity index (χ0) is 70.4. The van der Waals surface area contributed by atoms with Gasteiger partial charge in [-0.15, -0.1) is 0 Å². The van der Waals surface area contributed by atoms with Crippen LogP contribution >= 0.6 is 0 Å². The molecule has 2 aliphatic carbocycles. The summed E-state index contributed by atoms with van der Waals surface area (Å²) in [6.45, 7) is 7.19. The Balaban J connectivity index is 0.666. The van der Waals surface area contributed by atoms with Gasteiger partial charge in [0.15, 0.2) is 0 Å². The van der Waals surface area contributed by atoms with E-state index in [2.05, 4.69) is 388 Å². The number of anilines is 6. The molecule has 21 rings (SSSR count). The Bertz CT molecular complexity index is 6810. The number of rotatable bonds is 12. The molecule has 106 heavy (non-hydrogen) atoms. The number of furan rings is 2. The van der Waals surface area contributed by atoms with Crippen LogP contribution in [0.25, 0.3) is 143 Å². The van der Waals surface area contributed by atoms with Crippen LogP contribution in [0.5, 0.6) is 0 Å². The molecule has 0 spiro atoms. The fourth-order valence-corrected chi connectivity index (χ4v) is 18.2. The van der Waals surface area contributed by atoms with Gasteiger partial charge in [0, 0.05) is 77.1 Å². The van der Waals surface area contributed by atoms with Crippen LogP contribution < -0.4 is 9.80 Å². The molecule has 19 aromatic rings. The molecule has 0 amide bonds.